The second-order valence-corrected chi connectivity index (χ2v) is 4.33. The zero-order valence-corrected chi connectivity index (χ0v) is 10.1. The lowest BCUT2D eigenvalue weighted by atomic mass is 10.1. The van der Waals surface area contributed by atoms with Crippen molar-refractivity contribution in [3.05, 3.63) is 0 Å². The van der Waals surface area contributed by atoms with Crippen LogP contribution in [0.15, 0.2) is 0 Å². The molecule has 0 radical (unpaired) electrons. The molecule has 0 aliphatic heterocycles. The van der Waals surface area contributed by atoms with Crippen LogP contribution < -0.4 is 5.32 Å². The minimum absolute atomic E-state index is 0.153. The fourth-order valence-corrected chi connectivity index (χ4v) is 2.02. The number of alkyl halides is 4. The van der Waals surface area contributed by atoms with Crippen LogP contribution in [-0.4, -0.2) is 24.1 Å². The van der Waals surface area contributed by atoms with E-state index in [1.807, 2.05) is 13.8 Å². The van der Waals surface area contributed by atoms with Gasteiger partial charge in [-0.2, -0.15) is 13.2 Å². The first-order chi connectivity index (χ1) is 6.37. The molecule has 86 valence electrons. The molecule has 0 fully saturated rings. The Labute approximate surface area is 91.6 Å². The summed E-state index contributed by atoms with van der Waals surface area (Å²) in [5, 5.41) is 3.87. The third kappa shape index (κ3) is 7.62. The van der Waals surface area contributed by atoms with Gasteiger partial charge in [-0.3, -0.25) is 0 Å². The van der Waals surface area contributed by atoms with Gasteiger partial charge in [0, 0.05) is 17.8 Å². The van der Waals surface area contributed by atoms with E-state index in [9.17, 15) is 13.2 Å². The molecule has 5 heteroatoms. The fraction of sp³-hybridized carbons (Fsp3) is 1.00. The van der Waals surface area contributed by atoms with Crippen molar-refractivity contribution >= 4 is 15.9 Å². The molecule has 0 amide bonds. The van der Waals surface area contributed by atoms with Crippen LogP contribution in [0.25, 0.3) is 0 Å². The van der Waals surface area contributed by atoms with E-state index in [4.69, 9.17) is 0 Å². The Morgan fingerprint density at radius 3 is 2.21 bits per heavy atom. The Bertz CT molecular complexity index is 147. The highest BCUT2D eigenvalue weighted by atomic mass is 79.9. The van der Waals surface area contributed by atoms with Crippen LogP contribution in [0.4, 0.5) is 13.2 Å². The number of rotatable bonds is 6. The maximum absolute atomic E-state index is 11.8. The van der Waals surface area contributed by atoms with Gasteiger partial charge >= 0.3 is 6.18 Å². The zero-order chi connectivity index (χ0) is 11.2. The molecule has 0 aromatic rings. The summed E-state index contributed by atoms with van der Waals surface area (Å²) in [6.07, 6.45) is -4.57. The quantitative estimate of drug-likeness (QED) is 0.579. The molecule has 0 saturated heterocycles. The van der Waals surface area contributed by atoms with Crippen molar-refractivity contribution in [1.82, 2.24) is 5.32 Å². The number of nitrogens with one attached hydrogen (secondary N) is 1. The topological polar surface area (TPSA) is 12.0 Å². The molecule has 0 saturated carbocycles. The van der Waals surface area contributed by atoms with Gasteiger partial charge in [-0.1, -0.05) is 29.8 Å². The van der Waals surface area contributed by atoms with E-state index in [1.54, 1.807) is 0 Å². The summed E-state index contributed by atoms with van der Waals surface area (Å²) >= 11 is 3.32. The van der Waals surface area contributed by atoms with Crippen molar-refractivity contribution in [3.8, 4) is 0 Å². The Hall–Kier alpha value is 0.230. The standard InChI is InChI=1S/C9H17BrF3N/c1-7(2)8(6-10)14-5-3-4-9(11,12)13/h7-8,14H,3-6H2,1-2H3. The van der Waals surface area contributed by atoms with E-state index in [0.717, 1.165) is 5.33 Å². The van der Waals surface area contributed by atoms with E-state index < -0.39 is 12.6 Å². The molecule has 0 rings (SSSR count). The van der Waals surface area contributed by atoms with Gasteiger partial charge in [0.15, 0.2) is 0 Å². The first-order valence-electron chi connectivity index (χ1n) is 4.73. The van der Waals surface area contributed by atoms with Gasteiger partial charge in [0.25, 0.3) is 0 Å². The molecule has 0 bridgehead atoms. The van der Waals surface area contributed by atoms with Crippen LogP contribution in [0.3, 0.4) is 0 Å². The van der Waals surface area contributed by atoms with E-state index >= 15 is 0 Å². The zero-order valence-electron chi connectivity index (χ0n) is 8.49. The van der Waals surface area contributed by atoms with Gasteiger partial charge < -0.3 is 5.32 Å². The van der Waals surface area contributed by atoms with E-state index in [1.165, 1.54) is 0 Å². The van der Waals surface area contributed by atoms with Crippen LogP contribution in [0.1, 0.15) is 26.7 Å². The molecular weight excluding hydrogens is 259 g/mol. The highest BCUT2D eigenvalue weighted by molar-refractivity contribution is 9.09. The van der Waals surface area contributed by atoms with Gasteiger partial charge in [0.05, 0.1) is 0 Å². The lowest BCUT2D eigenvalue weighted by Gasteiger charge is -2.20. The maximum atomic E-state index is 11.8. The molecule has 1 atom stereocenters. The molecule has 14 heavy (non-hydrogen) atoms. The molecule has 0 aliphatic carbocycles. The first-order valence-corrected chi connectivity index (χ1v) is 5.85. The van der Waals surface area contributed by atoms with Gasteiger partial charge in [0.2, 0.25) is 0 Å². The molecule has 0 heterocycles. The minimum atomic E-state index is -4.02. The summed E-state index contributed by atoms with van der Waals surface area (Å²) in [5.74, 6) is 0.431. The van der Waals surface area contributed by atoms with Crippen molar-refractivity contribution in [2.75, 3.05) is 11.9 Å². The van der Waals surface area contributed by atoms with Crippen LogP contribution in [0.5, 0.6) is 0 Å². The van der Waals surface area contributed by atoms with E-state index in [0.29, 0.717) is 12.5 Å². The molecular formula is C9H17BrF3N. The second-order valence-electron chi connectivity index (χ2n) is 3.68. The fourth-order valence-electron chi connectivity index (χ4n) is 1.04. The lowest BCUT2D eigenvalue weighted by Crippen LogP contribution is -2.36. The molecule has 1 nitrogen and oxygen atoms in total. The summed E-state index contributed by atoms with van der Waals surface area (Å²) in [6.45, 7) is 4.51. The maximum Gasteiger partial charge on any atom is 0.389 e. The van der Waals surface area contributed by atoms with Crippen LogP contribution >= 0.6 is 15.9 Å². The average molecular weight is 276 g/mol. The Morgan fingerprint density at radius 2 is 1.86 bits per heavy atom. The average Bonchev–Trinajstić information content (AvgIpc) is 2.01. The number of hydrogen-bond acceptors (Lipinski definition) is 1. The summed E-state index contributed by atoms with van der Waals surface area (Å²) < 4.78 is 35.4. The summed E-state index contributed by atoms with van der Waals surface area (Å²) in [4.78, 5) is 0. The molecule has 1 N–H and O–H groups in total. The highest BCUT2D eigenvalue weighted by Crippen LogP contribution is 2.20. The minimum Gasteiger partial charge on any atom is -0.313 e. The van der Waals surface area contributed by atoms with Gasteiger partial charge in [0.1, 0.15) is 0 Å². The van der Waals surface area contributed by atoms with Crippen LogP contribution in [-0.2, 0) is 0 Å². The number of hydrogen-bond donors (Lipinski definition) is 1. The van der Waals surface area contributed by atoms with E-state index in [-0.39, 0.29) is 12.5 Å². The highest BCUT2D eigenvalue weighted by Gasteiger charge is 2.26. The van der Waals surface area contributed by atoms with Gasteiger partial charge in [-0.05, 0) is 18.9 Å². The van der Waals surface area contributed by atoms with Gasteiger partial charge in [-0.15, -0.1) is 0 Å². The smallest absolute Gasteiger partial charge is 0.313 e. The first kappa shape index (κ1) is 14.2. The Morgan fingerprint density at radius 1 is 1.29 bits per heavy atom. The normalized spacial score (nSPS) is 14.8. The monoisotopic (exact) mass is 275 g/mol. The van der Waals surface area contributed by atoms with Crippen molar-refractivity contribution < 1.29 is 13.2 Å². The van der Waals surface area contributed by atoms with Crippen molar-refractivity contribution in [2.45, 2.75) is 38.9 Å². The third-order valence-electron chi connectivity index (χ3n) is 2.01. The van der Waals surface area contributed by atoms with Crippen molar-refractivity contribution in [1.29, 1.82) is 0 Å². The molecule has 0 aromatic heterocycles. The van der Waals surface area contributed by atoms with E-state index in [2.05, 4.69) is 21.2 Å². The molecule has 0 aromatic carbocycles. The molecule has 0 spiro atoms. The largest absolute Gasteiger partial charge is 0.389 e. The molecule has 1 unspecified atom stereocenters. The Kier molecular flexibility index (Phi) is 6.78. The lowest BCUT2D eigenvalue weighted by molar-refractivity contribution is -0.135. The third-order valence-corrected chi connectivity index (χ3v) is 2.71. The Balaban J connectivity index is 3.52. The number of halogens is 4. The SMILES string of the molecule is CC(C)C(CBr)NCCCC(F)(F)F. The summed E-state index contributed by atoms with van der Waals surface area (Å²) in [7, 11) is 0. The second kappa shape index (κ2) is 6.67. The summed E-state index contributed by atoms with van der Waals surface area (Å²) in [6, 6.07) is 0.253. The predicted octanol–water partition coefficient (Wildman–Crippen LogP) is 3.34. The summed E-state index contributed by atoms with van der Waals surface area (Å²) in [5.41, 5.74) is 0. The van der Waals surface area contributed by atoms with Gasteiger partial charge in [-0.25, -0.2) is 0 Å². The van der Waals surface area contributed by atoms with Crippen LogP contribution in [0, 0.1) is 5.92 Å². The molecule has 0 aliphatic rings. The van der Waals surface area contributed by atoms with Crippen molar-refractivity contribution in [3.63, 3.8) is 0 Å². The van der Waals surface area contributed by atoms with Crippen LogP contribution in [0.2, 0.25) is 0 Å². The predicted molar refractivity (Wildman–Crippen MR) is 55.7 cm³/mol. The van der Waals surface area contributed by atoms with Crippen molar-refractivity contribution in [2.24, 2.45) is 5.92 Å².